The molecule has 6 nitrogen and oxygen atoms in total. The zero-order valence-electron chi connectivity index (χ0n) is 19.7. The van der Waals surface area contributed by atoms with Crippen molar-refractivity contribution in [3.8, 4) is 17.2 Å². The van der Waals surface area contributed by atoms with Gasteiger partial charge in [-0.2, -0.15) is 0 Å². The van der Waals surface area contributed by atoms with Gasteiger partial charge in [0.25, 0.3) is 0 Å². The molecule has 1 unspecified atom stereocenters. The van der Waals surface area contributed by atoms with E-state index in [1.807, 2.05) is 30.3 Å². The monoisotopic (exact) mass is 463 g/mol. The van der Waals surface area contributed by atoms with Crippen molar-refractivity contribution in [1.29, 1.82) is 0 Å². The first-order chi connectivity index (χ1) is 16.4. The van der Waals surface area contributed by atoms with Crippen LogP contribution < -0.4 is 20.1 Å². The molecule has 3 aromatic carbocycles. The van der Waals surface area contributed by atoms with E-state index in [2.05, 4.69) is 35.7 Å². The zero-order chi connectivity index (χ0) is 24.1. The van der Waals surface area contributed by atoms with E-state index in [-0.39, 0.29) is 17.2 Å². The summed E-state index contributed by atoms with van der Waals surface area (Å²) in [5, 5.41) is 5.37. The van der Waals surface area contributed by atoms with Crippen molar-refractivity contribution in [2.75, 3.05) is 38.4 Å². The quantitative estimate of drug-likeness (QED) is 0.455. The molecule has 3 aromatic rings. The van der Waals surface area contributed by atoms with Crippen LogP contribution in [0.3, 0.4) is 0 Å². The predicted molar refractivity (Wildman–Crippen MR) is 133 cm³/mol. The minimum atomic E-state index is -0.705. The standard InChI is InChI=1S/C27H30FN3O3/c1-31(2)17-18-9-10-20-16-21(12-11-19(20)15-18)29-27(32)30-23-13-14-24(26(33-3)25(23)28)34-22-7-5-4-6-8-22/h4-8,11-14,16,18H,9-10,15,17H2,1-3H3,(H2,29,30,32). The molecule has 0 heterocycles. The lowest BCUT2D eigenvalue weighted by atomic mass is 9.83. The molecule has 0 saturated carbocycles. The maximum absolute atomic E-state index is 15.0. The van der Waals surface area contributed by atoms with Gasteiger partial charge in [-0.25, -0.2) is 9.18 Å². The molecule has 1 atom stereocenters. The Hall–Kier alpha value is -3.58. The molecule has 0 aromatic heterocycles. The smallest absolute Gasteiger partial charge is 0.323 e. The Labute approximate surface area is 199 Å². The summed E-state index contributed by atoms with van der Waals surface area (Å²) in [5.74, 6) is 0.640. The lowest BCUT2D eigenvalue weighted by Crippen LogP contribution is -2.26. The third-order valence-electron chi connectivity index (χ3n) is 5.90. The van der Waals surface area contributed by atoms with Gasteiger partial charge in [-0.15, -0.1) is 0 Å². The average molecular weight is 464 g/mol. The van der Waals surface area contributed by atoms with Crippen molar-refractivity contribution in [2.24, 2.45) is 5.92 Å². The van der Waals surface area contributed by atoms with Crippen molar-refractivity contribution in [3.63, 3.8) is 0 Å². The van der Waals surface area contributed by atoms with Crippen LogP contribution in [-0.2, 0) is 12.8 Å². The number of carbonyl (C=O) groups excluding carboxylic acids is 1. The Morgan fingerprint density at radius 1 is 1.06 bits per heavy atom. The summed E-state index contributed by atoms with van der Waals surface area (Å²) in [5.41, 5.74) is 3.26. The number of aryl methyl sites for hydroxylation is 1. The summed E-state index contributed by atoms with van der Waals surface area (Å²) < 4.78 is 26.0. The predicted octanol–water partition coefficient (Wildman–Crippen LogP) is 5.94. The maximum Gasteiger partial charge on any atom is 0.323 e. The summed E-state index contributed by atoms with van der Waals surface area (Å²) in [6.45, 7) is 1.08. The molecule has 2 N–H and O–H groups in total. The second kappa shape index (κ2) is 10.6. The summed E-state index contributed by atoms with van der Waals surface area (Å²) >= 11 is 0. The summed E-state index contributed by atoms with van der Waals surface area (Å²) in [4.78, 5) is 14.8. The fraction of sp³-hybridized carbons (Fsp3) is 0.296. The molecule has 1 aliphatic carbocycles. The van der Waals surface area contributed by atoms with Crippen LogP contribution in [0, 0.1) is 11.7 Å². The lowest BCUT2D eigenvalue weighted by molar-refractivity contribution is 0.262. The normalized spacial score (nSPS) is 14.9. The number of anilines is 2. The molecule has 0 bridgehead atoms. The number of amides is 2. The summed E-state index contributed by atoms with van der Waals surface area (Å²) in [6.07, 6.45) is 3.16. The Morgan fingerprint density at radius 3 is 2.59 bits per heavy atom. The van der Waals surface area contributed by atoms with Gasteiger partial charge >= 0.3 is 6.03 Å². The van der Waals surface area contributed by atoms with E-state index in [0.717, 1.165) is 25.8 Å². The maximum atomic E-state index is 15.0. The van der Waals surface area contributed by atoms with Gasteiger partial charge in [0.05, 0.1) is 12.8 Å². The molecule has 1 aliphatic rings. The number of benzene rings is 3. The number of urea groups is 1. The second-order valence-corrected chi connectivity index (χ2v) is 8.81. The van der Waals surface area contributed by atoms with Crippen LogP contribution in [0.2, 0.25) is 0 Å². The largest absolute Gasteiger partial charge is 0.490 e. The van der Waals surface area contributed by atoms with Gasteiger partial charge in [0.1, 0.15) is 5.75 Å². The van der Waals surface area contributed by atoms with Crippen LogP contribution in [0.15, 0.2) is 60.7 Å². The minimum absolute atomic E-state index is 0.000695. The second-order valence-electron chi connectivity index (χ2n) is 8.81. The first-order valence-electron chi connectivity index (χ1n) is 11.4. The molecular weight excluding hydrogens is 433 g/mol. The van der Waals surface area contributed by atoms with Crippen LogP contribution in [0.1, 0.15) is 17.5 Å². The number of hydrogen-bond acceptors (Lipinski definition) is 4. The van der Waals surface area contributed by atoms with Crippen LogP contribution in [0.5, 0.6) is 17.2 Å². The molecule has 2 amide bonds. The Kier molecular flexibility index (Phi) is 7.33. The van der Waals surface area contributed by atoms with Gasteiger partial charge in [-0.05, 0) is 86.8 Å². The highest BCUT2D eigenvalue weighted by molar-refractivity contribution is 6.00. The number of methoxy groups -OCH3 is 1. The van der Waals surface area contributed by atoms with Crippen LogP contribution in [0.4, 0.5) is 20.6 Å². The van der Waals surface area contributed by atoms with Crippen molar-refractivity contribution in [1.82, 2.24) is 4.90 Å². The SMILES string of the molecule is COc1c(Oc2ccccc2)ccc(NC(=O)Nc2ccc3c(c2)CCC(CN(C)C)C3)c1F. The first-order valence-corrected chi connectivity index (χ1v) is 11.4. The average Bonchev–Trinajstić information content (AvgIpc) is 2.81. The highest BCUT2D eigenvalue weighted by Gasteiger charge is 2.21. The molecule has 0 aliphatic heterocycles. The molecule has 7 heteroatoms. The van der Waals surface area contributed by atoms with E-state index in [1.54, 1.807) is 18.2 Å². The first kappa shape index (κ1) is 23.6. The van der Waals surface area contributed by atoms with E-state index < -0.39 is 11.8 Å². The van der Waals surface area contributed by atoms with E-state index in [0.29, 0.717) is 17.4 Å². The van der Waals surface area contributed by atoms with Gasteiger partial charge in [0.2, 0.25) is 0 Å². The third kappa shape index (κ3) is 5.66. The Bertz CT molecular complexity index is 1150. The Morgan fingerprint density at radius 2 is 1.85 bits per heavy atom. The van der Waals surface area contributed by atoms with Crippen molar-refractivity contribution in [2.45, 2.75) is 19.3 Å². The lowest BCUT2D eigenvalue weighted by Gasteiger charge is -2.27. The number of para-hydroxylation sites is 1. The number of fused-ring (bicyclic) bond motifs is 1. The number of ether oxygens (including phenoxy) is 2. The fourth-order valence-electron chi connectivity index (χ4n) is 4.39. The molecule has 34 heavy (non-hydrogen) atoms. The number of nitrogens with one attached hydrogen (secondary N) is 2. The van der Waals surface area contributed by atoms with Gasteiger partial charge in [-0.1, -0.05) is 24.3 Å². The van der Waals surface area contributed by atoms with E-state index >= 15 is 4.39 Å². The number of halogens is 1. The van der Waals surface area contributed by atoms with Gasteiger partial charge in [-0.3, -0.25) is 0 Å². The van der Waals surface area contributed by atoms with Gasteiger partial charge in [0.15, 0.2) is 17.3 Å². The number of rotatable bonds is 7. The molecule has 178 valence electrons. The number of hydrogen-bond donors (Lipinski definition) is 2. The molecular formula is C27H30FN3O3. The minimum Gasteiger partial charge on any atom is -0.490 e. The van der Waals surface area contributed by atoms with Crippen LogP contribution in [-0.4, -0.2) is 38.7 Å². The van der Waals surface area contributed by atoms with E-state index in [4.69, 9.17) is 9.47 Å². The van der Waals surface area contributed by atoms with Gasteiger partial charge in [0, 0.05) is 12.2 Å². The fourth-order valence-corrected chi connectivity index (χ4v) is 4.39. The van der Waals surface area contributed by atoms with Crippen molar-refractivity contribution < 1.29 is 18.7 Å². The Balaban J connectivity index is 1.42. The number of carbonyl (C=O) groups is 1. The topological polar surface area (TPSA) is 62.8 Å². The van der Waals surface area contributed by atoms with E-state index in [1.165, 1.54) is 24.3 Å². The molecule has 0 spiro atoms. The molecule has 4 rings (SSSR count). The van der Waals surface area contributed by atoms with E-state index in [9.17, 15) is 4.79 Å². The summed E-state index contributed by atoms with van der Waals surface area (Å²) in [7, 11) is 5.56. The third-order valence-corrected chi connectivity index (χ3v) is 5.90. The number of nitrogens with zero attached hydrogens (tertiary/aromatic N) is 1. The highest BCUT2D eigenvalue weighted by Crippen LogP contribution is 2.37. The zero-order valence-corrected chi connectivity index (χ0v) is 19.7. The molecule has 0 saturated heterocycles. The van der Waals surface area contributed by atoms with Crippen molar-refractivity contribution in [3.05, 3.63) is 77.6 Å². The summed E-state index contributed by atoms with van der Waals surface area (Å²) in [6, 6.07) is 17.5. The van der Waals surface area contributed by atoms with Gasteiger partial charge < -0.3 is 25.0 Å². The van der Waals surface area contributed by atoms with Crippen molar-refractivity contribution >= 4 is 17.4 Å². The highest BCUT2D eigenvalue weighted by atomic mass is 19.1. The van der Waals surface area contributed by atoms with Crippen LogP contribution in [0.25, 0.3) is 0 Å². The van der Waals surface area contributed by atoms with Crippen LogP contribution >= 0.6 is 0 Å². The molecule has 0 fully saturated rings. The molecule has 0 radical (unpaired) electrons.